The fourth-order valence-corrected chi connectivity index (χ4v) is 1.47. The average molecular weight is 276 g/mol. The summed E-state index contributed by atoms with van der Waals surface area (Å²) in [5, 5.41) is 0. The molecule has 0 aliphatic rings. The fraction of sp³-hybridized carbons (Fsp3) is 0. The summed E-state index contributed by atoms with van der Waals surface area (Å²) in [7, 11) is 0. The number of nitrogens with zero attached hydrogens (tertiary/aromatic N) is 4. The molecule has 0 spiro atoms. The maximum absolute atomic E-state index is 12.3. The zero-order valence-electron chi connectivity index (χ0n) is 10.2. The monoisotopic (exact) mass is 276 g/mol. The predicted molar refractivity (Wildman–Crippen MR) is 74.0 cm³/mol. The standard InChI is InChI=1S/C9H12N10O/c10-1-3(16-8(14)18-6(1)12)5(20)4-2(11)7(13)19-9(15)17-4/h10-11H2,(H4,12,14,16,18)(H4,13,15,17,19). The zero-order chi connectivity index (χ0) is 15.0. The van der Waals surface area contributed by atoms with Crippen molar-refractivity contribution in [1.29, 1.82) is 0 Å². The van der Waals surface area contributed by atoms with E-state index in [0.29, 0.717) is 0 Å². The second kappa shape index (κ2) is 4.38. The lowest BCUT2D eigenvalue weighted by atomic mass is 10.1. The van der Waals surface area contributed by atoms with Crippen LogP contribution in [0.15, 0.2) is 0 Å². The Morgan fingerprint density at radius 3 is 1.35 bits per heavy atom. The number of nitrogens with two attached hydrogens (primary N) is 6. The van der Waals surface area contributed by atoms with E-state index in [9.17, 15) is 4.79 Å². The van der Waals surface area contributed by atoms with Crippen LogP contribution in [0.1, 0.15) is 16.2 Å². The normalized spacial score (nSPS) is 10.4. The first kappa shape index (κ1) is 13.1. The number of hydrogen-bond acceptors (Lipinski definition) is 11. The minimum absolute atomic E-state index is 0.130. The summed E-state index contributed by atoms with van der Waals surface area (Å²) >= 11 is 0. The Hall–Kier alpha value is -3.37. The van der Waals surface area contributed by atoms with Crippen molar-refractivity contribution < 1.29 is 4.79 Å². The Bertz CT molecular complexity index is 653. The predicted octanol–water partition coefficient (Wildman–Crippen LogP) is -2.01. The van der Waals surface area contributed by atoms with Crippen LogP contribution in [0.3, 0.4) is 0 Å². The number of hydrogen-bond donors (Lipinski definition) is 6. The van der Waals surface area contributed by atoms with Gasteiger partial charge in [-0.05, 0) is 0 Å². The van der Waals surface area contributed by atoms with Crippen molar-refractivity contribution in [2.45, 2.75) is 0 Å². The smallest absolute Gasteiger partial charge is 0.234 e. The van der Waals surface area contributed by atoms with E-state index in [1.807, 2.05) is 0 Å². The molecule has 0 aromatic carbocycles. The SMILES string of the molecule is Nc1nc(N)c(N)c(C(=O)c2nc(N)nc(N)c2N)n1. The third-order valence-electron chi connectivity index (χ3n) is 2.42. The van der Waals surface area contributed by atoms with Gasteiger partial charge in [0.05, 0.1) is 0 Å². The van der Waals surface area contributed by atoms with Crippen molar-refractivity contribution in [1.82, 2.24) is 19.9 Å². The Labute approximate surface area is 112 Å². The van der Waals surface area contributed by atoms with Crippen LogP contribution in [0.5, 0.6) is 0 Å². The van der Waals surface area contributed by atoms with Crippen molar-refractivity contribution in [2.24, 2.45) is 0 Å². The van der Waals surface area contributed by atoms with E-state index in [4.69, 9.17) is 34.4 Å². The van der Waals surface area contributed by atoms with Crippen molar-refractivity contribution in [3.63, 3.8) is 0 Å². The molecular weight excluding hydrogens is 264 g/mol. The molecule has 0 aliphatic carbocycles. The van der Waals surface area contributed by atoms with Gasteiger partial charge in [-0.3, -0.25) is 4.79 Å². The van der Waals surface area contributed by atoms with Crippen LogP contribution < -0.4 is 34.4 Å². The molecule has 2 aromatic rings. The second-order valence-electron chi connectivity index (χ2n) is 3.79. The van der Waals surface area contributed by atoms with Gasteiger partial charge in [-0.15, -0.1) is 0 Å². The lowest BCUT2D eigenvalue weighted by Crippen LogP contribution is -2.18. The van der Waals surface area contributed by atoms with Gasteiger partial charge in [-0.25, -0.2) is 9.97 Å². The van der Waals surface area contributed by atoms with Gasteiger partial charge >= 0.3 is 0 Å². The highest BCUT2D eigenvalue weighted by Gasteiger charge is 2.23. The van der Waals surface area contributed by atoms with Crippen molar-refractivity contribution in [3.8, 4) is 0 Å². The van der Waals surface area contributed by atoms with Crippen LogP contribution in [0.4, 0.5) is 34.9 Å². The van der Waals surface area contributed by atoms with E-state index in [2.05, 4.69) is 19.9 Å². The number of nitrogen functional groups attached to an aromatic ring is 6. The van der Waals surface area contributed by atoms with Gasteiger partial charge in [-0.2, -0.15) is 9.97 Å². The second-order valence-corrected chi connectivity index (χ2v) is 3.79. The highest BCUT2D eigenvalue weighted by atomic mass is 16.1. The molecule has 20 heavy (non-hydrogen) atoms. The third-order valence-corrected chi connectivity index (χ3v) is 2.42. The molecule has 2 aromatic heterocycles. The van der Waals surface area contributed by atoms with Gasteiger partial charge in [0.1, 0.15) is 22.8 Å². The summed E-state index contributed by atoms with van der Waals surface area (Å²) in [6.07, 6.45) is 0. The summed E-state index contributed by atoms with van der Waals surface area (Å²) in [5.74, 6) is -1.42. The first-order valence-corrected chi connectivity index (χ1v) is 5.23. The Kier molecular flexibility index (Phi) is 2.86. The summed E-state index contributed by atoms with van der Waals surface area (Å²) in [6, 6.07) is 0. The minimum atomic E-state index is -0.735. The van der Waals surface area contributed by atoms with E-state index < -0.39 is 5.78 Å². The number of carbonyl (C=O) groups excluding carboxylic acids is 1. The highest BCUT2D eigenvalue weighted by Crippen LogP contribution is 2.24. The summed E-state index contributed by atoms with van der Waals surface area (Å²) in [4.78, 5) is 27.0. The van der Waals surface area contributed by atoms with Gasteiger partial charge in [-0.1, -0.05) is 0 Å². The van der Waals surface area contributed by atoms with Crippen LogP contribution >= 0.6 is 0 Å². The summed E-state index contributed by atoms with van der Waals surface area (Å²) < 4.78 is 0. The maximum Gasteiger partial charge on any atom is 0.234 e. The van der Waals surface area contributed by atoms with Crippen LogP contribution in [0, 0.1) is 0 Å². The molecule has 11 nitrogen and oxygen atoms in total. The number of anilines is 6. The van der Waals surface area contributed by atoms with Gasteiger partial charge in [0.15, 0.2) is 11.6 Å². The summed E-state index contributed by atoms with van der Waals surface area (Å²) in [6.45, 7) is 0. The van der Waals surface area contributed by atoms with Gasteiger partial charge in [0, 0.05) is 0 Å². The van der Waals surface area contributed by atoms with Crippen molar-refractivity contribution in [2.75, 3.05) is 34.4 Å². The molecule has 11 heteroatoms. The van der Waals surface area contributed by atoms with Crippen LogP contribution in [-0.2, 0) is 0 Å². The first-order chi connectivity index (χ1) is 9.31. The van der Waals surface area contributed by atoms with E-state index >= 15 is 0 Å². The fourth-order valence-electron chi connectivity index (χ4n) is 1.47. The van der Waals surface area contributed by atoms with Gasteiger partial charge in [0.2, 0.25) is 17.7 Å². The number of aromatic nitrogens is 4. The van der Waals surface area contributed by atoms with E-state index in [0.717, 1.165) is 0 Å². The number of ketones is 1. The zero-order valence-corrected chi connectivity index (χ0v) is 10.2. The third kappa shape index (κ3) is 2.03. The minimum Gasteiger partial charge on any atom is -0.394 e. The molecular formula is C9H12N10O. The molecule has 12 N–H and O–H groups in total. The molecule has 0 aliphatic heterocycles. The average Bonchev–Trinajstić information content (AvgIpc) is 2.37. The molecule has 0 saturated heterocycles. The first-order valence-electron chi connectivity index (χ1n) is 5.23. The molecule has 0 bridgehead atoms. The molecule has 2 rings (SSSR count). The lowest BCUT2D eigenvalue weighted by Gasteiger charge is -2.09. The maximum atomic E-state index is 12.3. The number of carbonyl (C=O) groups is 1. The molecule has 0 fully saturated rings. The summed E-state index contributed by atoms with van der Waals surface area (Å²) in [5.41, 5.74) is 32.4. The molecule has 104 valence electrons. The van der Waals surface area contributed by atoms with Crippen LogP contribution in [0.2, 0.25) is 0 Å². The van der Waals surface area contributed by atoms with Crippen LogP contribution in [-0.4, -0.2) is 25.7 Å². The van der Waals surface area contributed by atoms with Crippen LogP contribution in [0.25, 0.3) is 0 Å². The Morgan fingerprint density at radius 1 is 0.650 bits per heavy atom. The Balaban J connectivity index is 2.64. The lowest BCUT2D eigenvalue weighted by molar-refractivity contribution is 0.103. The van der Waals surface area contributed by atoms with E-state index in [1.54, 1.807) is 0 Å². The van der Waals surface area contributed by atoms with E-state index in [1.165, 1.54) is 0 Å². The van der Waals surface area contributed by atoms with Crippen molar-refractivity contribution >= 4 is 40.7 Å². The van der Waals surface area contributed by atoms with Gasteiger partial charge < -0.3 is 34.4 Å². The van der Waals surface area contributed by atoms with Gasteiger partial charge in [0.25, 0.3) is 0 Å². The Morgan fingerprint density at radius 2 is 1.00 bits per heavy atom. The topological polar surface area (TPSA) is 225 Å². The molecule has 2 heterocycles. The molecule has 0 atom stereocenters. The molecule has 0 radical (unpaired) electrons. The molecule has 0 saturated carbocycles. The largest absolute Gasteiger partial charge is 0.394 e. The molecule has 0 unspecified atom stereocenters. The number of rotatable bonds is 2. The van der Waals surface area contributed by atoms with Crippen molar-refractivity contribution in [3.05, 3.63) is 11.4 Å². The highest BCUT2D eigenvalue weighted by molar-refractivity contribution is 6.14. The van der Waals surface area contributed by atoms with E-state index in [-0.39, 0.29) is 46.3 Å². The molecule has 0 amide bonds. The quantitative estimate of drug-likeness (QED) is 0.328.